The first-order valence-corrected chi connectivity index (χ1v) is 7.59. The summed E-state index contributed by atoms with van der Waals surface area (Å²) in [6, 6.07) is 30.0. The molecule has 0 bridgehead atoms. The molecule has 0 radical (unpaired) electrons. The second-order valence-electron chi connectivity index (χ2n) is 5.63. The topological polar surface area (TPSA) is 15.8 Å². The third-order valence-electron chi connectivity index (χ3n) is 4.05. The molecule has 1 nitrogen and oxygen atoms in total. The molecule has 1 heterocycles. The molecule has 1 aromatic heterocycles. The fraction of sp³-hybridized carbons (Fsp3) is 0.0476. The van der Waals surface area contributed by atoms with Crippen LogP contribution in [0.5, 0.6) is 0 Å². The van der Waals surface area contributed by atoms with Gasteiger partial charge in [-0.25, -0.2) is 0 Å². The predicted molar refractivity (Wildman–Crippen MR) is 93.0 cm³/mol. The second-order valence-corrected chi connectivity index (χ2v) is 5.63. The lowest BCUT2D eigenvalue weighted by molar-refractivity contribution is 1.19. The van der Waals surface area contributed by atoms with Crippen molar-refractivity contribution in [1.29, 1.82) is 0 Å². The number of fused-ring (bicyclic) bond motifs is 1. The molecule has 22 heavy (non-hydrogen) atoms. The van der Waals surface area contributed by atoms with Gasteiger partial charge in [0.25, 0.3) is 0 Å². The molecule has 0 unspecified atom stereocenters. The monoisotopic (exact) mass is 283 g/mol. The Morgan fingerprint density at radius 2 is 1.32 bits per heavy atom. The van der Waals surface area contributed by atoms with Crippen molar-refractivity contribution in [3.63, 3.8) is 0 Å². The lowest BCUT2D eigenvalue weighted by atomic mass is 10.0. The molecule has 0 aliphatic heterocycles. The van der Waals surface area contributed by atoms with Gasteiger partial charge in [0.2, 0.25) is 0 Å². The Hall–Kier alpha value is -2.80. The lowest BCUT2D eigenvalue weighted by Crippen LogP contribution is -1.87. The van der Waals surface area contributed by atoms with E-state index in [0.29, 0.717) is 0 Å². The molecule has 3 aromatic carbocycles. The van der Waals surface area contributed by atoms with Crippen LogP contribution >= 0.6 is 0 Å². The Morgan fingerprint density at radius 3 is 2.09 bits per heavy atom. The smallest absolute Gasteiger partial charge is 0.0464 e. The Kier molecular flexibility index (Phi) is 3.24. The standard InChI is InChI=1S/C21H17N/c1-2-6-16(7-3-1)14-17-10-12-18(13-11-17)21-15-19-8-4-5-9-20(19)22-21/h1-13,15,22H,14H2. The van der Waals surface area contributed by atoms with E-state index in [1.54, 1.807) is 0 Å². The van der Waals surface area contributed by atoms with Gasteiger partial charge in [-0.1, -0.05) is 72.8 Å². The fourth-order valence-electron chi connectivity index (χ4n) is 2.86. The number of nitrogens with one attached hydrogen (secondary N) is 1. The zero-order chi connectivity index (χ0) is 14.8. The van der Waals surface area contributed by atoms with Crippen molar-refractivity contribution in [2.24, 2.45) is 0 Å². The zero-order valence-corrected chi connectivity index (χ0v) is 12.3. The Balaban J connectivity index is 1.61. The summed E-state index contributed by atoms with van der Waals surface area (Å²) in [5.74, 6) is 0. The maximum absolute atomic E-state index is 3.48. The quantitative estimate of drug-likeness (QED) is 0.516. The van der Waals surface area contributed by atoms with Crippen molar-refractivity contribution in [1.82, 2.24) is 4.98 Å². The van der Waals surface area contributed by atoms with E-state index >= 15 is 0 Å². The van der Waals surface area contributed by atoms with Crippen LogP contribution in [0.15, 0.2) is 84.9 Å². The van der Waals surface area contributed by atoms with Crippen molar-refractivity contribution in [2.45, 2.75) is 6.42 Å². The summed E-state index contributed by atoms with van der Waals surface area (Å²) >= 11 is 0. The molecule has 1 heteroatoms. The minimum absolute atomic E-state index is 0.980. The second kappa shape index (κ2) is 5.53. The summed E-state index contributed by atoms with van der Waals surface area (Å²) in [6.07, 6.45) is 0.980. The number of hydrogen-bond donors (Lipinski definition) is 1. The number of aromatic amines is 1. The van der Waals surface area contributed by atoms with Gasteiger partial charge in [0.15, 0.2) is 0 Å². The van der Waals surface area contributed by atoms with Gasteiger partial charge in [0.1, 0.15) is 0 Å². The van der Waals surface area contributed by atoms with Crippen LogP contribution < -0.4 is 0 Å². The largest absolute Gasteiger partial charge is 0.355 e. The molecule has 106 valence electrons. The summed E-state index contributed by atoms with van der Waals surface area (Å²) in [4.78, 5) is 3.48. The average Bonchev–Trinajstić information content (AvgIpc) is 3.00. The summed E-state index contributed by atoms with van der Waals surface area (Å²) in [5, 5.41) is 1.26. The molecular weight excluding hydrogens is 266 g/mol. The van der Waals surface area contributed by atoms with Gasteiger partial charge in [0.05, 0.1) is 0 Å². The predicted octanol–water partition coefficient (Wildman–Crippen LogP) is 5.43. The maximum atomic E-state index is 3.48. The summed E-state index contributed by atoms with van der Waals surface area (Å²) in [5.41, 5.74) is 6.28. The Labute approximate surface area is 130 Å². The van der Waals surface area contributed by atoms with Gasteiger partial charge in [-0.2, -0.15) is 0 Å². The van der Waals surface area contributed by atoms with Crippen molar-refractivity contribution >= 4 is 10.9 Å². The molecule has 4 aromatic rings. The number of para-hydroxylation sites is 1. The van der Waals surface area contributed by atoms with E-state index in [4.69, 9.17) is 0 Å². The molecule has 0 atom stereocenters. The Bertz CT molecular complexity index is 853. The maximum Gasteiger partial charge on any atom is 0.0464 e. The van der Waals surface area contributed by atoms with Crippen molar-refractivity contribution in [3.05, 3.63) is 96.1 Å². The highest BCUT2D eigenvalue weighted by molar-refractivity contribution is 5.85. The van der Waals surface area contributed by atoms with Crippen LogP contribution in [0, 0.1) is 0 Å². The molecule has 1 N–H and O–H groups in total. The molecular formula is C21H17N. The van der Waals surface area contributed by atoms with Crippen LogP contribution in [0.2, 0.25) is 0 Å². The first-order chi connectivity index (χ1) is 10.9. The van der Waals surface area contributed by atoms with Gasteiger partial charge >= 0.3 is 0 Å². The van der Waals surface area contributed by atoms with E-state index in [9.17, 15) is 0 Å². The van der Waals surface area contributed by atoms with Crippen LogP contribution in [0.1, 0.15) is 11.1 Å². The molecule has 0 saturated carbocycles. The highest BCUT2D eigenvalue weighted by Gasteiger charge is 2.03. The highest BCUT2D eigenvalue weighted by atomic mass is 14.7. The number of hydrogen-bond acceptors (Lipinski definition) is 0. The summed E-state index contributed by atoms with van der Waals surface area (Å²) in [6.45, 7) is 0. The third kappa shape index (κ3) is 2.53. The molecule has 4 rings (SSSR count). The van der Waals surface area contributed by atoms with E-state index in [1.807, 2.05) is 0 Å². The average molecular weight is 283 g/mol. The Morgan fingerprint density at radius 1 is 0.636 bits per heavy atom. The molecule has 0 spiro atoms. The van der Waals surface area contributed by atoms with Crippen LogP contribution in [0.3, 0.4) is 0 Å². The first kappa shape index (κ1) is 12.9. The van der Waals surface area contributed by atoms with Crippen molar-refractivity contribution in [3.8, 4) is 11.3 Å². The molecule has 0 amide bonds. The number of rotatable bonds is 3. The van der Waals surface area contributed by atoms with E-state index in [2.05, 4.69) is 89.9 Å². The van der Waals surface area contributed by atoms with Crippen LogP contribution in [0.25, 0.3) is 22.2 Å². The summed E-state index contributed by atoms with van der Waals surface area (Å²) in [7, 11) is 0. The van der Waals surface area contributed by atoms with Gasteiger partial charge in [0, 0.05) is 16.6 Å². The lowest BCUT2D eigenvalue weighted by Gasteiger charge is -2.03. The highest BCUT2D eigenvalue weighted by Crippen LogP contribution is 2.24. The molecule has 0 fully saturated rings. The van der Waals surface area contributed by atoms with Gasteiger partial charge < -0.3 is 4.98 Å². The minimum atomic E-state index is 0.980. The third-order valence-corrected chi connectivity index (χ3v) is 4.05. The number of aromatic nitrogens is 1. The number of H-pyrrole nitrogens is 1. The van der Waals surface area contributed by atoms with Crippen LogP contribution in [-0.4, -0.2) is 4.98 Å². The van der Waals surface area contributed by atoms with Crippen LogP contribution in [-0.2, 0) is 6.42 Å². The van der Waals surface area contributed by atoms with Crippen LogP contribution in [0.4, 0.5) is 0 Å². The van der Waals surface area contributed by atoms with Crippen molar-refractivity contribution in [2.75, 3.05) is 0 Å². The van der Waals surface area contributed by atoms with Gasteiger partial charge in [-0.3, -0.25) is 0 Å². The van der Waals surface area contributed by atoms with E-state index in [1.165, 1.54) is 33.3 Å². The molecule has 0 aliphatic carbocycles. The van der Waals surface area contributed by atoms with Crippen molar-refractivity contribution < 1.29 is 0 Å². The first-order valence-electron chi connectivity index (χ1n) is 7.59. The van der Waals surface area contributed by atoms with Gasteiger partial charge in [-0.15, -0.1) is 0 Å². The number of benzene rings is 3. The molecule has 0 aliphatic rings. The molecule has 0 saturated heterocycles. The SMILES string of the molecule is c1ccc(Cc2ccc(-c3cc4ccccc4[nH]3)cc2)cc1. The zero-order valence-electron chi connectivity index (χ0n) is 12.3. The summed E-state index contributed by atoms with van der Waals surface area (Å²) < 4.78 is 0. The fourth-order valence-corrected chi connectivity index (χ4v) is 2.86. The van der Waals surface area contributed by atoms with Gasteiger partial charge in [-0.05, 0) is 35.2 Å². The van der Waals surface area contributed by atoms with E-state index in [-0.39, 0.29) is 0 Å². The minimum Gasteiger partial charge on any atom is -0.355 e. The van der Waals surface area contributed by atoms with E-state index in [0.717, 1.165) is 6.42 Å². The van der Waals surface area contributed by atoms with E-state index < -0.39 is 0 Å². The normalized spacial score (nSPS) is 10.9.